The van der Waals surface area contributed by atoms with E-state index in [9.17, 15) is 9.18 Å². The molecule has 0 unspecified atom stereocenters. The van der Waals surface area contributed by atoms with Crippen molar-refractivity contribution in [3.05, 3.63) is 47.8 Å². The average Bonchev–Trinajstić information content (AvgIpc) is 3.30. The SMILES string of the molecule is COc1cc(/C=C/C(=O)N(CCN2CCOCC2)c2nc3ccc(F)cc3s2)cc(OC)c1OC. The standard InChI is InChI=1S/C25H28FN3O5S/c1-31-20-14-17(15-21(32-2)24(20)33-3)4-7-23(30)29(9-8-28-10-12-34-13-11-28)25-27-19-6-5-18(26)16-22(19)35-25/h4-7,14-16H,8-13H2,1-3H3/b7-4+. The zero-order valence-electron chi connectivity index (χ0n) is 20.0. The molecule has 1 saturated heterocycles. The lowest BCUT2D eigenvalue weighted by molar-refractivity contribution is -0.114. The Morgan fingerprint density at radius 2 is 1.86 bits per heavy atom. The van der Waals surface area contributed by atoms with Crippen molar-refractivity contribution in [2.75, 3.05) is 65.6 Å². The van der Waals surface area contributed by atoms with E-state index in [4.69, 9.17) is 18.9 Å². The minimum absolute atomic E-state index is 0.230. The van der Waals surface area contributed by atoms with Crippen molar-refractivity contribution in [3.63, 3.8) is 0 Å². The molecular weight excluding hydrogens is 473 g/mol. The minimum atomic E-state index is -0.332. The van der Waals surface area contributed by atoms with E-state index in [1.165, 1.54) is 36.7 Å². The van der Waals surface area contributed by atoms with Gasteiger partial charge in [-0.3, -0.25) is 14.6 Å². The van der Waals surface area contributed by atoms with Crippen LogP contribution >= 0.6 is 11.3 Å². The van der Waals surface area contributed by atoms with Gasteiger partial charge in [-0.2, -0.15) is 0 Å². The number of carbonyl (C=O) groups excluding carboxylic acids is 1. The van der Waals surface area contributed by atoms with Gasteiger partial charge in [0.1, 0.15) is 5.82 Å². The van der Waals surface area contributed by atoms with Gasteiger partial charge in [-0.15, -0.1) is 0 Å². The highest BCUT2D eigenvalue weighted by molar-refractivity contribution is 7.22. The van der Waals surface area contributed by atoms with E-state index in [0.717, 1.165) is 13.1 Å². The largest absolute Gasteiger partial charge is 0.493 e. The second kappa shape index (κ2) is 11.5. The monoisotopic (exact) mass is 501 g/mol. The third-order valence-electron chi connectivity index (χ3n) is 5.69. The third-order valence-corrected chi connectivity index (χ3v) is 6.73. The molecule has 2 heterocycles. The van der Waals surface area contributed by atoms with Crippen LogP contribution in [0.25, 0.3) is 16.3 Å². The van der Waals surface area contributed by atoms with Gasteiger partial charge in [0.2, 0.25) is 5.75 Å². The number of nitrogens with zero attached hydrogens (tertiary/aromatic N) is 3. The molecule has 186 valence electrons. The number of methoxy groups -OCH3 is 3. The van der Waals surface area contributed by atoms with Crippen molar-refractivity contribution in [2.45, 2.75) is 0 Å². The van der Waals surface area contributed by atoms with Crippen LogP contribution in [0.15, 0.2) is 36.4 Å². The number of carbonyl (C=O) groups is 1. The Kier molecular flexibility index (Phi) is 8.17. The number of benzene rings is 2. The molecular formula is C25H28FN3O5S. The molecule has 35 heavy (non-hydrogen) atoms. The number of thiazole rings is 1. The molecule has 1 amide bonds. The van der Waals surface area contributed by atoms with Crippen LogP contribution in [0.2, 0.25) is 0 Å². The number of aromatic nitrogens is 1. The molecule has 1 aliphatic rings. The summed E-state index contributed by atoms with van der Waals surface area (Å²) < 4.78 is 36.0. The summed E-state index contributed by atoms with van der Waals surface area (Å²) in [4.78, 5) is 21.8. The molecule has 0 aliphatic carbocycles. The first-order chi connectivity index (χ1) is 17.0. The van der Waals surface area contributed by atoms with Gasteiger partial charge in [-0.05, 0) is 42.0 Å². The van der Waals surface area contributed by atoms with Gasteiger partial charge >= 0.3 is 0 Å². The van der Waals surface area contributed by atoms with Gasteiger partial charge in [0.25, 0.3) is 5.91 Å². The molecule has 10 heteroatoms. The number of fused-ring (bicyclic) bond motifs is 1. The van der Waals surface area contributed by atoms with Crippen LogP contribution in [0.1, 0.15) is 5.56 Å². The first kappa shape index (κ1) is 24.9. The predicted molar refractivity (Wildman–Crippen MR) is 134 cm³/mol. The van der Waals surface area contributed by atoms with E-state index in [-0.39, 0.29) is 11.7 Å². The summed E-state index contributed by atoms with van der Waals surface area (Å²) >= 11 is 1.29. The zero-order chi connectivity index (χ0) is 24.8. The lowest BCUT2D eigenvalue weighted by Crippen LogP contribution is -2.42. The fourth-order valence-corrected chi connectivity index (χ4v) is 4.85. The van der Waals surface area contributed by atoms with Crippen LogP contribution in [0.4, 0.5) is 9.52 Å². The number of hydrogen-bond donors (Lipinski definition) is 0. The van der Waals surface area contributed by atoms with Gasteiger partial charge in [-0.1, -0.05) is 11.3 Å². The van der Waals surface area contributed by atoms with E-state index in [0.29, 0.717) is 64.5 Å². The number of hydrogen-bond acceptors (Lipinski definition) is 8. The van der Waals surface area contributed by atoms with Crippen LogP contribution in [-0.4, -0.2) is 76.5 Å². The highest BCUT2D eigenvalue weighted by Gasteiger charge is 2.21. The Bertz CT molecular complexity index is 1180. The van der Waals surface area contributed by atoms with Crippen molar-refractivity contribution in [1.82, 2.24) is 9.88 Å². The fraction of sp³-hybridized carbons (Fsp3) is 0.360. The fourth-order valence-electron chi connectivity index (χ4n) is 3.82. The van der Waals surface area contributed by atoms with Crippen LogP contribution < -0.4 is 19.1 Å². The van der Waals surface area contributed by atoms with Crippen molar-refractivity contribution in [2.24, 2.45) is 0 Å². The van der Waals surface area contributed by atoms with E-state index >= 15 is 0 Å². The molecule has 1 aliphatic heterocycles. The topological polar surface area (TPSA) is 73.4 Å². The lowest BCUT2D eigenvalue weighted by atomic mass is 10.1. The second-order valence-corrected chi connectivity index (χ2v) is 8.85. The molecule has 4 rings (SSSR count). The summed E-state index contributed by atoms with van der Waals surface area (Å²) in [5, 5.41) is 0.526. The van der Waals surface area contributed by atoms with Crippen LogP contribution in [0.3, 0.4) is 0 Å². The third kappa shape index (κ3) is 5.90. The number of anilines is 1. The summed E-state index contributed by atoms with van der Waals surface area (Å²) in [6, 6.07) is 7.97. The van der Waals surface area contributed by atoms with Gasteiger partial charge in [0.15, 0.2) is 16.6 Å². The number of amides is 1. The minimum Gasteiger partial charge on any atom is -0.493 e. The van der Waals surface area contributed by atoms with Crippen molar-refractivity contribution < 1.29 is 28.1 Å². The van der Waals surface area contributed by atoms with Gasteiger partial charge < -0.3 is 18.9 Å². The van der Waals surface area contributed by atoms with E-state index in [1.807, 2.05) is 0 Å². The molecule has 1 aromatic heterocycles. The van der Waals surface area contributed by atoms with E-state index < -0.39 is 0 Å². The average molecular weight is 502 g/mol. The Hall–Kier alpha value is -3.21. The maximum Gasteiger partial charge on any atom is 0.252 e. The Balaban J connectivity index is 1.60. The first-order valence-corrected chi connectivity index (χ1v) is 12.0. The number of rotatable bonds is 9. The Labute approximate surface area is 207 Å². The van der Waals surface area contributed by atoms with E-state index in [2.05, 4.69) is 9.88 Å². The second-order valence-electron chi connectivity index (χ2n) is 7.84. The molecule has 0 N–H and O–H groups in total. The quantitative estimate of drug-likeness (QED) is 0.413. The molecule has 1 fully saturated rings. The van der Waals surface area contributed by atoms with Crippen molar-refractivity contribution >= 4 is 38.7 Å². The van der Waals surface area contributed by atoms with Crippen molar-refractivity contribution in [3.8, 4) is 17.2 Å². The molecule has 0 radical (unpaired) electrons. The molecule has 0 atom stereocenters. The van der Waals surface area contributed by atoms with Crippen molar-refractivity contribution in [1.29, 1.82) is 0 Å². The summed E-state index contributed by atoms with van der Waals surface area (Å²) in [5.74, 6) is 0.910. The van der Waals surface area contributed by atoms with E-state index in [1.54, 1.807) is 43.4 Å². The Morgan fingerprint density at radius 3 is 2.51 bits per heavy atom. The maximum atomic E-state index is 13.7. The number of ether oxygens (including phenoxy) is 4. The molecule has 2 aromatic carbocycles. The molecule has 0 saturated carbocycles. The number of morpholine rings is 1. The van der Waals surface area contributed by atoms with Crippen LogP contribution in [0, 0.1) is 5.82 Å². The Morgan fingerprint density at radius 1 is 1.14 bits per heavy atom. The molecule has 3 aromatic rings. The summed E-state index contributed by atoms with van der Waals surface area (Å²) in [7, 11) is 4.62. The zero-order valence-corrected chi connectivity index (χ0v) is 20.8. The molecule has 8 nitrogen and oxygen atoms in total. The predicted octanol–water partition coefficient (Wildman–Crippen LogP) is 3.84. The highest BCUT2D eigenvalue weighted by atomic mass is 32.1. The van der Waals surface area contributed by atoms with Crippen LogP contribution in [0.5, 0.6) is 17.2 Å². The molecule has 0 spiro atoms. The molecule has 0 bridgehead atoms. The van der Waals surface area contributed by atoms with Gasteiger partial charge in [0, 0.05) is 32.3 Å². The summed E-state index contributed by atoms with van der Waals surface area (Å²) in [5.41, 5.74) is 1.37. The number of halogens is 1. The maximum absolute atomic E-state index is 13.7. The summed E-state index contributed by atoms with van der Waals surface area (Å²) in [6.07, 6.45) is 3.19. The smallest absolute Gasteiger partial charge is 0.252 e. The van der Waals surface area contributed by atoms with Gasteiger partial charge in [-0.25, -0.2) is 9.37 Å². The summed E-state index contributed by atoms with van der Waals surface area (Å²) in [6.45, 7) is 4.10. The van der Waals surface area contributed by atoms with Gasteiger partial charge in [0.05, 0.1) is 44.8 Å². The van der Waals surface area contributed by atoms with Crippen LogP contribution in [-0.2, 0) is 9.53 Å². The first-order valence-electron chi connectivity index (χ1n) is 11.2. The highest BCUT2D eigenvalue weighted by Crippen LogP contribution is 2.38. The lowest BCUT2D eigenvalue weighted by Gasteiger charge is -2.28. The normalized spacial score (nSPS) is 14.4.